The summed E-state index contributed by atoms with van der Waals surface area (Å²) in [5.41, 5.74) is 1.96. The Kier molecular flexibility index (Phi) is 6.31. The molecule has 1 fully saturated rings. The molecule has 1 atom stereocenters. The van der Waals surface area contributed by atoms with Crippen molar-refractivity contribution in [3.8, 4) is 0 Å². The minimum absolute atomic E-state index is 0.142. The standard InChI is InChI=1S/C17H28N4O/c1-13-12-14(2)20-16(19-13)9-10-18-17(22)8-7-15-6-4-5-11-21(15)3/h12,15H,4-11H2,1-3H3,(H,18,22)/t15-/m0/s1. The summed E-state index contributed by atoms with van der Waals surface area (Å²) >= 11 is 0. The molecule has 2 heterocycles. The van der Waals surface area contributed by atoms with Crippen LogP contribution in [-0.4, -0.2) is 47.0 Å². The highest BCUT2D eigenvalue weighted by molar-refractivity contribution is 5.75. The first-order valence-electron chi connectivity index (χ1n) is 8.32. The average Bonchev–Trinajstić information content (AvgIpc) is 2.45. The Balaban J connectivity index is 1.67. The summed E-state index contributed by atoms with van der Waals surface area (Å²) in [6.07, 6.45) is 6.07. The smallest absolute Gasteiger partial charge is 0.220 e. The zero-order valence-electron chi connectivity index (χ0n) is 14.1. The topological polar surface area (TPSA) is 58.1 Å². The van der Waals surface area contributed by atoms with E-state index in [4.69, 9.17) is 0 Å². The molecule has 5 nitrogen and oxygen atoms in total. The fraction of sp³-hybridized carbons (Fsp3) is 0.706. The third-order valence-electron chi connectivity index (χ3n) is 4.33. The number of nitrogens with one attached hydrogen (secondary N) is 1. The first-order valence-corrected chi connectivity index (χ1v) is 8.32. The lowest BCUT2D eigenvalue weighted by atomic mass is 9.98. The molecule has 1 aliphatic heterocycles. The lowest BCUT2D eigenvalue weighted by Crippen LogP contribution is -2.37. The van der Waals surface area contributed by atoms with Gasteiger partial charge in [-0.1, -0.05) is 6.42 Å². The minimum atomic E-state index is 0.142. The number of carbonyl (C=O) groups excluding carboxylic acids is 1. The molecule has 0 radical (unpaired) electrons. The van der Waals surface area contributed by atoms with Gasteiger partial charge in [0.2, 0.25) is 5.91 Å². The number of aromatic nitrogens is 2. The molecule has 1 aromatic heterocycles. The Morgan fingerprint density at radius 1 is 1.32 bits per heavy atom. The zero-order chi connectivity index (χ0) is 15.9. The maximum absolute atomic E-state index is 11.9. The summed E-state index contributed by atoms with van der Waals surface area (Å²) in [5, 5.41) is 2.99. The molecule has 1 aromatic rings. The van der Waals surface area contributed by atoms with E-state index in [2.05, 4.69) is 27.2 Å². The van der Waals surface area contributed by atoms with Crippen molar-refractivity contribution >= 4 is 5.91 Å². The Hall–Kier alpha value is -1.49. The SMILES string of the molecule is Cc1cc(C)nc(CCNC(=O)CC[C@@H]2CCCCN2C)n1. The fourth-order valence-electron chi connectivity index (χ4n) is 3.12. The van der Waals surface area contributed by atoms with E-state index in [0.717, 1.165) is 30.2 Å². The van der Waals surface area contributed by atoms with Crippen molar-refractivity contribution in [3.05, 3.63) is 23.3 Å². The van der Waals surface area contributed by atoms with Crippen LogP contribution >= 0.6 is 0 Å². The first kappa shape index (κ1) is 16.9. The van der Waals surface area contributed by atoms with Crippen LogP contribution in [0.2, 0.25) is 0 Å². The Morgan fingerprint density at radius 2 is 2.05 bits per heavy atom. The maximum Gasteiger partial charge on any atom is 0.220 e. The molecular formula is C17H28N4O. The van der Waals surface area contributed by atoms with Crippen LogP contribution < -0.4 is 5.32 Å². The fourth-order valence-corrected chi connectivity index (χ4v) is 3.12. The number of rotatable bonds is 6. The van der Waals surface area contributed by atoms with Crippen LogP contribution in [-0.2, 0) is 11.2 Å². The van der Waals surface area contributed by atoms with E-state index in [1.165, 1.54) is 19.3 Å². The Labute approximate surface area is 133 Å². The van der Waals surface area contributed by atoms with Gasteiger partial charge in [-0.2, -0.15) is 0 Å². The quantitative estimate of drug-likeness (QED) is 0.873. The molecule has 0 aliphatic carbocycles. The second-order valence-corrected chi connectivity index (χ2v) is 6.34. The molecule has 0 unspecified atom stereocenters. The van der Waals surface area contributed by atoms with Crippen LogP contribution in [0, 0.1) is 13.8 Å². The zero-order valence-corrected chi connectivity index (χ0v) is 14.1. The van der Waals surface area contributed by atoms with Crippen LogP contribution in [0.4, 0.5) is 0 Å². The van der Waals surface area contributed by atoms with Gasteiger partial charge in [-0.3, -0.25) is 4.79 Å². The predicted molar refractivity (Wildman–Crippen MR) is 87.7 cm³/mol. The second kappa shape index (κ2) is 8.22. The van der Waals surface area contributed by atoms with Gasteiger partial charge in [-0.25, -0.2) is 9.97 Å². The van der Waals surface area contributed by atoms with Gasteiger partial charge >= 0.3 is 0 Å². The average molecular weight is 304 g/mol. The molecule has 0 spiro atoms. The molecule has 122 valence electrons. The van der Waals surface area contributed by atoms with Crippen molar-refractivity contribution in [2.24, 2.45) is 0 Å². The largest absolute Gasteiger partial charge is 0.356 e. The van der Waals surface area contributed by atoms with Crippen molar-refractivity contribution in [2.75, 3.05) is 20.1 Å². The highest BCUT2D eigenvalue weighted by Gasteiger charge is 2.19. The number of nitrogens with zero attached hydrogens (tertiary/aromatic N) is 3. The van der Waals surface area contributed by atoms with Gasteiger partial charge < -0.3 is 10.2 Å². The first-order chi connectivity index (χ1) is 10.5. The summed E-state index contributed by atoms with van der Waals surface area (Å²) in [5.74, 6) is 0.952. The van der Waals surface area contributed by atoms with E-state index in [-0.39, 0.29) is 5.91 Å². The van der Waals surface area contributed by atoms with Crippen molar-refractivity contribution in [1.82, 2.24) is 20.2 Å². The lowest BCUT2D eigenvalue weighted by Gasteiger charge is -2.32. The number of aryl methyl sites for hydroxylation is 2. The monoisotopic (exact) mass is 304 g/mol. The predicted octanol–water partition coefficient (Wildman–Crippen LogP) is 2.02. The number of likely N-dealkylation sites (tertiary alicyclic amines) is 1. The van der Waals surface area contributed by atoms with Crippen molar-refractivity contribution in [1.29, 1.82) is 0 Å². The number of carbonyl (C=O) groups is 1. The molecule has 22 heavy (non-hydrogen) atoms. The van der Waals surface area contributed by atoms with Gasteiger partial charge in [0.1, 0.15) is 5.82 Å². The van der Waals surface area contributed by atoms with E-state index in [9.17, 15) is 4.79 Å². The molecule has 1 saturated heterocycles. The van der Waals surface area contributed by atoms with Crippen LogP contribution in [0.3, 0.4) is 0 Å². The van der Waals surface area contributed by atoms with Crippen molar-refractivity contribution < 1.29 is 4.79 Å². The summed E-state index contributed by atoms with van der Waals surface area (Å²) in [4.78, 5) is 23.1. The highest BCUT2D eigenvalue weighted by Crippen LogP contribution is 2.18. The molecule has 5 heteroatoms. The van der Waals surface area contributed by atoms with Gasteiger partial charge in [-0.05, 0) is 52.8 Å². The van der Waals surface area contributed by atoms with Crippen molar-refractivity contribution in [3.63, 3.8) is 0 Å². The Morgan fingerprint density at radius 3 is 2.73 bits per heavy atom. The van der Waals surface area contributed by atoms with Crippen LogP contribution in [0.25, 0.3) is 0 Å². The van der Waals surface area contributed by atoms with Gasteiger partial charge in [0.05, 0.1) is 0 Å². The molecule has 0 bridgehead atoms. The summed E-state index contributed by atoms with van der Waals surface area (Å²) in [6, 6.07) is 2.53. The third-order valence-corrected chi connectivity index (χ3v) is 4.33. The molecule has 0 aromatic carbocycles. The molecular weight excluding hydrogens is 276 g/mol. The van der Waals surface area contributed by atoms with Gasteiger partial charge in [0, 0.05) is 36.8 Å². The van der Waals surface area contributed by atoms with Crippen LogP contribution in [0.1, 0.15) is 49.3 Å². The maximum atomic E-state index is 11.9. The van der Waals surface area contributed by atoms with Gasteiger partial charge in [0.15, 0.2) is 0 Å². The lowest BCUT2D eigenvalue weighted by molar-refractivity contribution is -0.121. The van der Waals surface area contributed by atoms with E-state index < -0.39 is 0 Å². The molecule has 0 saturated carbocycles. The number of piperidine rings is 1. The molecule has 1 aliphatic rings. The van der Waals surface area contributed by atoms with E-state index >= 15 is 0 Å². The number of hydrogen-bond acceptors (Lipinski definition) is 4. The highest BCUT2D eigenvalue weighted by atomic mass is 16.1. The summed E-state index contributed by atoms with van der Waals surface area (Å²) in [7, 11) is 2.17. The van der Waals surface area contributed by atoms with Gasteiger partial charge in [-0.15, -0.1) is 0 Å². The van der Waals surface area contributed by atoms with E-state index in [0.29, 0.717) is 25.4 Å². The number of hydrogen-bond donors (Lipinski definition) is 1. The second-order valence-electron chi connectivity index (χ2n) is 6.34. The molecule has 2 rings (SSSR count). The molecule has 1 amide bonds. The van der Waals surface area contributed by atoms with E-state index in [1.807, 2.05) is 19.9 Å². The summed E-state index contributed by atoms with van der Waals surface area (Å²) < 4.78 is 0. The summed E-state index contributed by atoms with van der Waals surface area (Å²) in [6.45, 7) is 5.72. The van der Waals surface area contributed by atoms with Crippen molar-refractivity contribution in [2.45, 2.75) is 58.4 Å². The van der Waals surface area contributed by atoms with Crippen LogP contribution in [0.15, 0.2) is 6.07 Å². The number of amides is 1. The molecule has 1 N–H and O–H groups in total. The van der Waals surface area contributed by atoms with Gasteiger partial charge in [0.25, 0.3) is 0 Å². The Bertz CT molecular complexity index is 483. The van der Waals surface area contributed by atoms with Crippen LogP contribution in [0.5, 0.6) is 0 Å². The normalized spacial score (nSPS) is 19.1. The minimum Gasteiger partial charge on any atom is -0.356 e. The third kappa shape index (κ3) is 5.37. The van der Waals surface area contributed by atoms with E-state index in [1.54, 1.807) is 0 Å².